The summed E-state index contributed by atoms with van der Waals surface area (Å²) < 4.78 is 5.45. The molecule has 7 unspecified atom stereocenters. The zero-order chi connectivity index (χ0) is 18.0. The molecular weight excluding hydrogens is 316 g/mol. The van der Waals surface area contributed by atoms with Gasteiger partial charge in [0.25, 0.3) is 0 Å². The summed E-state index contributed by atoms with van der Waals surface area (Å²) in [6.45, 7) is 5.94. The summed E-state index contributed by atoms with van der Waals surface area (Å²) in [7, 11) is 0. The fraction of sp³-hybridized carbons (Fsp3) is 0.810. The molecule has 4 heteroatoms. The van der Waals surface area contributed by atoms with Crippen molar-refractivity contribution >= 4 is 11.8 Å². The molecule has 0 heterocycles. The summed E-state index contributed by atoms with van der Waals surface area (Å²) in [6.07, 6.45) is 7.76. The lowest BCUT2D eigenvalue weighted by Crippen LogP contribution is -2.54. The molecule has 0 spiro atoms. The first kappa shape index (κ1) is 17.3. The second kappa shape index (κ2) is 5.67. The second-order valence-corrected chi connectivity index (χ2v) is 9.28. The van der Waals surface area contributed by atoms with Crippen LogP contribution < -0.4 is 0 Å². The SMILES string of the molecule is CC(=O)OC1CCC2(C)C(=CC(O)C3C4CCC(=O)C4(C)CCC32)C1. The van der Waals surface area contributed by atoms with E-state index in [9.17, 15) is 14.7 Å². The van der Waals surface area contributed by atoms with Gasteiger partial charge in [-0.3, -0.25) is 9.59 Å². The van der Waals surface area contributed by atoms with Crippen molar-refractivity contribution in [2.45, 2.75) is 77.9 Å². The van der Waals surface area contributed by atoms with E-state index >= 15 is 0 Å². The van der Waals surface area contributed by atoms with Crippen LogP contribution >= 0.6 is 0 Å². The average molecular weight is 346 g/mol. The van der Waals surface area contributed by atoms with E-state index in [2.05, 4.69) is 13.8 Å². The molecule has 0 amide bonds. The summed E-state index contributed by atoms with van der Waals surface area (Å²) >= 11 is 0. The van der Waals surface area contributed by atoms with Gasteiger partial charge in [0.05, 0.1) is 6.10 Å². The number of Topliss-reactive ketones (excluding diaryl/α,β-unsaturated/α-hetero) is 1. The Kier molecular flexibility index (Phi) is 3.91. The number of ketones is 1. The molecule has 3 fully saturated rings. The van der Waals surface area contributed by atoms with Crippen LogP contribution in [0.3, 0.4) is 0 Å². The third-order valence-electron chi connectivity index (χ3n) is 8.13. The normalized spacial score (nSPS) is 48.9. The maximum absolute atomic E-state index is 12.5. The topological polar surface area (TPSA) is 63.6 Å². The lowest BCUT2D eigenvalue weighted by Gasteiger charge is -2.58. The van der Waals surface area contributed by atoms with Crippen LogP contribution in [0.4, 0.5) is 0 Å². The number of carbonyl (C=O) groups excluding carboxylic acids is 2. The molecule has 0 aromatic carbocycles. The van der Waals surface area contributed by atoms with Crippen molar-refractivity contribution in [3.05, 3.63) is 11.6 Å². The zero-order valence-corrected chi connectivity index (χ0v) is 15.6. The van der Waals surface area contributed by atoms with Gasteiger partial charge >= 0.3 is 5.97 Å². The van der Waals surface area contributed by atoms with Gasteiger partial charge < -0.3 is 9.84 Å². The maximum atomic E-state index is 12.5. The number of fused-ring (bicyclic) bond motifs is 5. The van der Waals surface area contributed by atoms with Gasteiger partial charge in [0, 0.05) is 25.2 Å². The summed E-state index contributed by atoms with van der Waals surface area (Å²) in [5.41, 5.74) is 1.12. The molecule has 0 aromatic heterocycles. The number of hydrogen-bond acceptors (Lipinski definition) is 4. The van der Waals surface area contributed by atoms with Crippen LogP contribution in [0.15, 0.2) is 11.6 Å². The Balaban J connectivity index is 1.65. The largest absolute Gasteiger partial charge is 0.462 e. The number of rotatable bonds is 1. The fourth-order valence-electron chi connectivity index (χ4n) is 6.72. The Labute approximate surface area is 150 Å². The van der Waals surface area contributed by atoms with Gasteiger partial charge in [0.1, 0.15) is 11.9 Å². The molecule has 138 valence electrons. The van der Waals surface area contributed by atoms with E-state index in [1.165, 1.54) is 12.5 Å². The standard InChI is InChI=1S/C21H30O4/c1-12(22)25-14-6-8-20(2)13(10-14)11-17(23)19-15-4-5-18(24)21(15,3)9-7-16(19)20/h11,14-17,19,23H,4-10H2,1-3H3. The molecule has 4 nitrogen and oxygen atoms in total. The quantitative estimate of drug-likeness (QED) is 0.584. The summed E-state index contributed by atoms with van der Waals surface area (Å²) in [5, 5.41) is 11.0. The first-order valence-corrected chi connectivity index (χ1v) is 9.85. The Morgan fingerprint density at radius 3 is 2.56 bits per heavy atom. The van der Waals surface area contributed by atoms with E-state index in [0.717, 1.165) is 38.5 Å². The van der Waals surface area contributed by atoms with Gasteiger partial charge in [-0.2, -0.15) is 0 Å². The third-order valence-corrected chi connectivity index (χ3v) is 8.13. The smallest absolute Gasteiger partial charge is 0.302 e. The molecule has 25 heavy (non-hydrogen) atoms. The van der Waals surface area contributed by atoms with Crippen molar-refractivity contribution in [3.63, 3.8) is 0 Å². The van der Waals surface area contributed by atoms with Crippen LogP contribution in [0.2, 0.25) is 0 Å². The molecule has 4 aliphatic rings. The first-order chi connectivity index (χ1) is 11.8. The minimum Gasteiger partial charge on any atom is -0.462 e. The highest BCUT2D eigenvalue weighted by atomic mass is 16.5. The highest BCUT2D eigenvalue weighted by molar-refractivity contribution is 5.87. The molecule has 0 radical (unpaired) electrons. The van der Waals surface area contributed by atoms with Crippen molar-refractivity contribution in [1.29, 1.82) is 0 Å². The molecule has 1 N–H and O–H groups in total. The number of ether oxygens (including phenoxy) is 1. The Morgan fingerprint density at radius 2 is 1.84 bits per heavy atom. The monoisotopic (exact) mass is 346 g/mol. The molecule has 0 aliphatic heterocycles. The zero-order valence-electron chi connectivity index (χ0n) is 15.6. The molecule has 7 atom stereocenters. The van der Waals surface area contributed by atoms with Crippen LogP contribution in [-0.4, -0.2) is 29.1 Å². The number of esters is 1. The Hall–Kier alpha value is -1.16. The van der Waals surface area contributed by atoms with E-state index in [1.54, 1.807) is 0 Å². The van der Waals surface area contributed by atoms with Crippen molar-refractivity contribution < 1.29 is 19.4 Å². The lowest BCUT2D eigenvalue weighted by molar-refractivity contribution is -0.149. The van der Waals surface area contributed by atoms with Crippen LogP contribution in [0.1, 0.15) is 65.7 Å². The van der Waals surface area contributed by atoms with Crippen molar-refractivity contribution in [2.75, 3.05) is 0 Å². The van der Waals surface area contributed by atoms with Crippen LogP contribution in [0, 0.1) is 28.6 Å². The highest BCUT2D eigenvalue weighted by Gasteiger charge is 2.60. The molecule has 0 saturated heterocycles. The molecule has 0 bridgehead atoms. The Morgan fingerprint density at radius 1 is 1.16 bits per heavy atom. The van der Waals surface area contributed by atoms with E-state index in [0.29, 0.717) is 24.0 Å². The summed E-state index contributed by atoms with van der Waals surface area (Å²) in [4.78, 5) is 23.8. The van der Waals surface area contributed by atoms with E-state index in [-0.39, 0.29) is 28.8 Å². The summed E-state index contributed by atoms with van der Waals surface area (Å²) in [6, 6.07) is 0. The van der Waals surface area contributed by atoms with E-state index < -0.39 is 6.10 Å². The predicted molar refractivity (Wildman–Crippen MR) is 93.7 cm³/mol. The minimum absolute atomic E-state index is 0.0533. The van der Waals surface area contributed by atoms with Gasteiger partial charge in [0.15, 0.2) is 0 Å². The van der Waals surface area contributed by atoms with Gasteiger partial charge in [-0.15, -0.1) is 0 Å². The number of aliphatic hydroxyl groups excluding tert-OH is 1. The van der Waals surface area contributed by atoms with Gasteiger partial charge in [-0.25, -0.2) is 0 Å². The number of hydrogen-bond donors (Lipinski definition) is 1. The van der Waals surface area contributed by atoms with E-state index in [4.69, 9.17) is 4.74 Å². The van der Waals surface area contributed by atoms with E-state index in [1.807, 2.05) is 6.08 Å². The minimum atomic E-state index is -0.473. The fourth-order valence-corrected chi connectivity index (χ4v) is 6.72. The predicted octanol–water partition coefficient (Wildman–Crippen LogP) is 3.42. The van der Waals surface area contributed by atoms with Crippen LogP contribution in [-0.2, 0) is 14.3 Å². The molecular formula is C21H30O4. The van der Waals surface area contributed by atoms with Crippen molar-refractivity contribution in [3.8, 4) is 0 Å². The Bertz CT molecular complexity index is 638. The third kappa shape index (κ3) is 2.43. The number of aliphatic hydroxyl groups is 1. The van der Waals surface area contributed by atoms with Crippen molar-refractivity contribution in [2.24, 2.45) is 28.6 Å². The highest BCUT2D eigenvalue weighted by Crippen LogP contribution is 2.64. The van der Waals surface area contributed by atoms with Gasteiger partial charge in [0.2, 0.25) is 0 Å². The average Bonchev–Trinajstić information content (AvgIpc) is 2.84. The van der Waals surface area contributed by atoms with Gasteiger partial charge in [-0.1, -0.05) is 25.5 Å². The van der Waals surface area contributed by atoms with Gasteiger partial charge in [-0.05, 0) is 55.3 Å². The molecule has 4 rings (SSSR count). The van der Waals surface area contributed by atoms with Crippen molar-refractivity contribution in [1.82, 2.24) is 0 Å². The molecule has 4 aliphatic carbocycles. The number of carbonyl (C=O) groups is 2. The molecule has 0 aromatic rings. The maximum Gasteiger partial charge on any atom is 0.302 e. The molecule has 3 saturated carbocycles. The summed E-state index contributed by atoms with van der Waals surface area (Å²) in [5.74, 6) is 1.13. The van der Waals surface area contributed by atoms with Crippen LogP contribution in [0.5, 0.6) is 0 Å². The lowest BCUT2D eigenvalue weighted by atomic mass is 9.47. The van der Waals surface area contributed by atoms with Crippen LogP contribution in [0.25, 0.3) is 0 Å². The first-order valence-electron chi connectivity index (χ1n) is 9.85. The second-order valence-electron chi connectivity index (χ2n) is 9.28.